The van der Waals surface area contributed by atoms with Crippen LogP contribution in [0.5, 0.6) is 0 Å². The van der Waals surface area contributed by atoms with Crippen LogP contribution in [0.1, 0.15) is 24.5 Å². The van der Waals surface area contributed by atoms with Crippen LogP contribution in [-0.2, 0) is 0 Å². The first-order valence-corrected chi connectivity index (χ1v) is 9.59. The fraction of sp³-hybridized carbons (Fsp3) is 0.263. The zero-order valence-corrected chi connectivity index (χ0v) is 17.1. The number of fused-ring (bicyclic) bond motifs is 1. The fourth-order valence-electron chi connectivity index (χ4n) is 3.66. The van der Waals surface area contributed by atoms with E-state index in [-0.39, 0.29) is 40.6 Å². The molecule has 0 bridgehead atoms. The molecular formula is C19H17Cl2FN6O2. The normalized spacial score (nSPS) is 14.7. The number of halogens is 3. The number of nitrogens with one attached hydrogen (secondary N) is 2. The van der Waals surface area contributed by atoms with Gasteiger partial charge in [0.15, 0.2) is 0 Å². The van der Waals surface area contributed by atoms with Gasteiger partial charge in [0.1, 0.15) is 17.0 Å². The van der Waals surface area contributed by atoms with Crippen molar-refractivity contribution in [2.45, 2.75) is 18.8 Å². The number of hydrogen-bond acceptors (Lipinski definition) is 6. The van der Waals surface area contributed by atoms with E-state index in [2.05, 4.69) is 25.5 Å². The first-order chi connectivity index (χ1) is 14.1. The summed E-state index contributed by atoms with van der Waals surface area (Å²) in [6.07, 6.45) is 3.46. The van der Waals surface area contributed by atoms with Crippen molar-refractivity contribution in [1.82, 2.24) is 30.1 Å². The molecule has 156 valence electrons. The van der Waals surface area contributed by atoms with Gasteiger partial charge in [-0.25, -0.2) is 8.91 Å². The zero-order chi connectivity index (χ0) is 20.0. The van der Waals surface area contributed by atoms with Crippen molar-refractivity contribution in [3.63, 3.8) is 0 Å². The average Bonchev–Trinajstić information content (AvgIpc) is 3.37. The van der Waals surface area contributed by atoms with Crippen LogP contribution in [0.3, 0.4) is 0 Å². The summed E-state index contributed by atoms with van der Waals surface area (Å²) in [5.41, 5.74) is 2.19. The molecule has 1 aliphatic rings. The Labute approximate surface area is 180 Å². The van der Waals surface area contributed by atoms with Gasteiger partial charge in [-0.2, -0.15) is 10.1 Å². The Kier molecular flexibility index (Phi) is 5.59. The molecule has 4 aromatic rings. The highest BCUT2D eigenvalue weighted by Gasteiger charge is 2.22. The topological polar surface area (TPSA) is 101 Å². The summed E-state index contributed by atoms with van der Waals surface area (Å²) < 4.78 is 20.5. The van der Waals surface area contributed by atoms with Crippen LogP contribution in [0.15, 0.2) is 39.8 Å². The summed E-state index contributed by atoms with van der Waals surface area (Å²) >= 11 is 5.84. The maximum atomic E-state index is 13.4. The van der Waals surface area contributed by atoms with Crippen molar-refractivity contribution in [2.75, 3.05) is 13.1 Å². The van der Waals surface area contributed by atoms with E-state index in [1.807, 2.05) is 0 Å². The number of aromatic amines is 1. The Morgan fingerprint density at radius 3 is 2.80 bits per heavy atom. The maximum Gasteiger partial charge on any atom is 0.263 e. The lowest BCUT2D eigenvalue weighted by atomic mass is 9.94. The molecule has 0 saturated carbocycles. The number of nitrogens with zero attached hydrogens (tertiary/aromatic N) is 4. The quantitative estimate of drug-likeness (QED) is 0.495. The number of hydrogen-bond donors (Lipinski definition) is 2. The molecule has 2 N–H and O–H groups in total. The summed E-state index contributed by atoms with van der Waals surface area (Å²) in [6, 6.07) is 5.78. The van der Waals surface area contributed by atoms with Crippen molar-refractivity contribution in [2.24, 2.45) is 0 Å². The van der Waals surface area contributed by atoms with Gasteiger partial charge in [-0.3, -0.25) is 4.79 Å². The van der Waals surface area contributed by atoms with E-state index in [1.165, 1.54) is 18.2 Å². The van der Waals surface area contributed by atoms with E-state index in [0.29, 0.717) is 16.8 Å². The van der Waals surface area contributed by atoms with Crippen LogP contribution in [-0.4, -0.2) is 37.8 Å². The monoisotopic (exact) mass is 450 g/mol. The third kappa shape index (κ3) is 3.60. The molecule has 0 aliphatic carbocycles. The van der Waals surface area contributed by atoms with Gasteiger partial charge in [0.25, 0.3) is 11.4 Å². The van der Waals surface area contributed by atoms with E-state index in [4.69, 9.17) is 16.1 Å². The predicted molar refractivity (Wildman–Crippen MR) is 112 cm³/mol. The molecule has 4 heterocycles. The lowest BCUT2D eigenvalue weighted by Gasteiger charge is -2.23. The SMILES string of the molecule is Cl.O=c1cc(C2CCNCC2)n2ncc(-c3nc(-c4ccc(F)c(Cl)c4)no3)c2[nH]1. The highest BCUT2D eigenvalue weighted by atomic mass is 35.5. The van der Waals surface area contributed by atoms with E-state index in [1.54, 1.807) is 16.8 Å². The van der Waals surface area contributed by atoms with Crippen molar-refractivity contribution in [3.05, 3.63) is 57.3 Å². The van der Waals surface area contributed by atoms with Gasteiger partial charge in [-0.15, -0.1) is 12.4 Å². The molecule has 1 fully saturated rings. The van der Waals surface area contributed by atoms with Crippen molar-refractivity contribution >= 4 is 29.7 Å². The summed E-state index contributed by atoms with van der Waals surface area (Å²) in [7, 11) is 0. The van der Waals surface area contributed by atoms with Gasteiger partial charge in [0.05, 0.1) is 16.9 Å². The smallest absolute Gasteiger partial charge is 0.263 e. The number of benzene rings is 1. The average molecular weight is 451 g/mol. The Morgan fingerprint density at radius 1 is 1.23 bits per heavy atom. The molecule has 11 heteroatoms. The Bertz CT molecular complexity index is 1260. The molecule has 30 heavy (non-hydrogen) atoms. The minimum atomic E-state index is -0.523. The van der Waals surface area contributed by atoms with Gasteiger partial charge in [0, 0.05) is 17.5 Å². The standard InChI is InChI=1S/C19H16ClFN6O2.ClH/c20-13-7-11(1-2-14(13)21)17-25-19(29-26-17)12-9-23-27-15(8-16(28)24-18(12)27)10-3-5-22-6-4-10;/h1-2,7-10,22H,3-6H2,(H,24,28);1H. The molecule has 3 aromatic heterocycles. The van der Waals surface area contributed by atoms with Crippen LogP contribution in [0.2, 0.25) is 5.02 Å². The van der Waals surface area contributed by atoms with Gasteiger partial charge in [-0.1, -0.05) is 16.8 Å². The molecule has 0 amide bonds. The van der Waals surface area contributed by atoms with Crippen molar-refractivity contribution in [3.8, 4) is 22.8 Å². The van der Waals surface area contributed by atoms with E-state index in [0.717, 1.165) is 31.6 Å². The number of rotatable bonds is 3. The molecular weight excluding hydrogens is 434 g/mol. The van der Waals surface area contributed by atoms with E-state index < -0.39 is 5.82 Å². The summed E-state index contributed by atoms with van der Waals surface area (Å²) in [4.78, 5) is 19.5. The Hall–Kier alpha value is -2.75. The van der Waals surface area contributed by atoms with Gasteiger partial charge in [0.2, 0.25) is 5.82 Å². The van der Waals surface area contributed by atoms with E-state index >= 15 is 0 Å². The minimum absolute atomic E-state index is 0. The predicted octanol–water partition coefficient (Wildman–Crippen LogP) is 3.42. The highest BCUT2D eigenvalue weighted by molar-refractivity contribution is 6.31. The largest absolute Gasteiger partial charge is 0.333 e. The second kappa shape index (κ2) is 8.17. The van der Waals surface area contributed by atoms with Gasteiger partial charge < -0.3 is 14.8 Å². The number of aromatic nitrogens is 5. The molecule has 0 spiro atoms. The van der Waals surface area contributed by atoms with Crippen molar-refractivity contribution in [1.29, 1.82) is 0 Å². The Balaban J connectivity index is 0.00000218. The molecule has 1 aliphatic heterocycles. The highest BCUT2D eigenvalue weighted by Crippen LogP contribution is 2.29. The molecule has 0 radical (unpaired) electrons. The third-order valence-corrected chi connectivity index (χ3v) is 5.42. The van der Waals surface area contributed by atoms with Gasteiger partial charge in [-0.05, 0) is 44.1 Å². The lowest BCUT2D eigenvalue weighted by Crippen LogP contribution is -2.28. The number of piperidine rings is 1. The zero-order valence-electron chi connectivity index (χ0n) is 15.6. The second-order valence-corrected chi connectivity index (χ2v) is 7.36. The molecule has 1 aromatic carbocycles. The lowest BCUT2D eigenvalue weighted by molar-refractivity contribution is 0.432. The summed E-state index contributed by atoms with van der Waals surface area (Å²) in [6.45, 7) is 1.81. The molecule has 8 nitrogen and oxygen atoms in total. The van der Waals surface area contributed by atoms with Gasteiger partial charge >= 0.3 is 0 Å². The summed E-state index contributed by atoms with van der Waals surface area (Å²) in [5, 5.41) is 11.7. The molecule has 5 rings (SSSR count). The molecule has 1 saturated heterocycles. The Morgan fingerprint density at radius 2 is 2.03 bits per heavy atom. The third-order valence-electron chi connectivity index (χ3n) is 5.13. The maximum absolute atomic E-state index is 13.4. The van der Waals surface area contributed by atoms with Crippen LogP contribution in [0.4, 0.5) is 4.39 Å². The van der Waals surface area contributed by atoms with Crippen LogP contribution in [0.25, 0.3) is 28.5 Å². The molecule has 0 unspecified atom stereocenters. The fourth-order valence-corrected chi connectivity index (χ4v) is 3.84. The van der Waals surface area contributed by atoms with E-state index in [9.17, 15) is 9.18 Å². The second-order valence-electron chi connectivity index (χ2n) is 6.95. The van der Waals surface area contributed by atoms with Crippen LogP contribution >= 0.6 is 24.0 Å². The number of H-pyrrole nitrogens is 1. The minimum Gasteiger partial charge on any atom is -0.333 e. The molecule has 0 atom stereocenters. The first-order valence-electron chi connectivity index (χ1n) is 9.21. The van der Waals surface area contributed by atoms with Crippen molar-refractivity contribution < 1.29 is 8.91 Å². The summed E-state index contributed by atoms with van der Waals surface area (Å²) in [5.74, 6) is 0.185. The van der Waals surface area contributed by atoms with Crippen LogP contribution < -0.4 is 10.9 Å². The van der Waals surface area contributed by atoms with Crippen LogP contribution in [0, 0.1) is 5.82 Å². The first kappa shape index (κ1) is 20.5.